The molecule has 0 radical (unpaired) electrons. The molecule has 4 nitrogen and oxygen atoms in total. The number of nitrogens with one attached hydrogen (secondary N) is 2. The summed E-state index contributed by atoms with van der Waals surface area (Å²) in [6.07, 6.45) is 4.43. The summed E-state index contributed by atoms with van der Waals surface area (Å²) in [5.74, 6) is 0.754. The van der Waals surface area contributed by atoms with E-state index in [1.54, 1.807) is 6.20 Å². The summed E-state index contributed by atoms with van der Waals surface area (Å²) in [5.41, 5.74) is 3.42. The van der Waals surface area contributed by atoms with Gasteiger partial charge in [0.05, 0.1) is 5.69 Å². The summed E-state index contributed by atoms with van der Waals surface area (Å²) in [5, 5.41) is 10.6. The number of anilines is 1. The van der Waals surface area contributed by atoms with Crippen LogP contribution in [-0.2, 0) is 0 Å². The Morgan fingerprint density at radius 2 is 2.35 bits per heavy atom. The lowest BCUT2D eigenvalue weighted by molar-refractivity contribution is 0.217. The normalized spacial score (nSPS) is 19.9. The molecule has 1 aromatic heterocycles. The Morgan fingerprint density at radius 3 is 3.15 bits per heavy atom. The van der Waals surface area contributed by atoms with Crippen molar-refractivity contribution in [2.24, 2.45) is 5.92 Å². The monoisotopic (exact) mass is 270 g/mol. The van der Waals surface area contributed by atoms with Crippen molar-refractivity contribution in [3.63, 3.8) is 0 Å². The van der Waals surface area contributed by atoms with Gasteiger partial charge in [0, 0.05) is 30.5 Å². The zero-order valence-corrected chi connectivity index (χ0v) is 12.0. The lowest BCUT2D eigenvalue weighted by Gasteiger charge is -2.30. The van der Waals surface area contributed by atoms with Crippen LogP contribution in [0.4, 0.5) is 5.69 Å². The average molecular weight is 270 g/mol. The molecule has 2 aromatic rings. The van der Waals surface area contributed by atoms with Crippen LogP contribution in [-0.4, -0.2) is 41.8 Å². The van der Waals surface area contributed by atoms with Gasteiger partial charge in [-0.1, -0.05) is 12.1 Å². The minimum atomic E-state index is 0.754. The van der Waals surface area contributed by atoms with Gasteiger partial charge in [-0.3, -0.25) is 5.10 Å². The number of likely N-dealkylation sites (tertiary alicyclic amines) is 1. The maximum Gasteiger partial charge on any atom is 0.0650 e. The average Bonchev–Trinajstić information content (AvgIpc) is 3.00. The SMILES string of the molecule is CN1CCCC(CNc2cccc(-c3ccn[nH]3)c2)C1. The van der Waals surface area contributed by atoms with E-state index in [1.165, 1.54) is 37.2 Å². The molecule has 0 spiro atoms. The van der Waals surface area contributed by atoms with E-state index in [4.69, 9.17) is 0 Å². The van der Waals surface area contributed by atoms with E-state index in [2.05, 4.69) is 51.7 Å². The van der Waals surface area contributed by atoms with Crippen molar-refractivity contribution in [1.82, 2.24) is 15.1 Å². The highest BCUT2D eigenvalue weighted by Crippen LogP contribution is 2.21. The van der Waals surface area contributed by atoms with E-state index < -0.39 is 0 Å². The second-order valence-corrected chi connectivity index (χ2v) is 5.70. The molecule has 1 fully saturated rings. The van der Waals surface area contributed by atoms with Gasteiger partial charge in [-0.15, -0.1) is 0 Å². The number of aromatic amines is 1. The quantitative estimate of drug-likeness (QED) is 0.898. The molecule has 3 rings (SSSR count). The third-order valence-corrected chi connectivity index (χ3v) is 3.99. The molecule has 1 unspecified atom stereocenters. The van der Waals surface area contributed by atoms with Crippen LogP contribution in [0.3, 0.4) is 0 Å². The molecule has 4 heteroatoms. The lowest BCUT2D eigenvalue weighted by Crippen LogP contribution is -2.35. The first kappa shape index (κ1) is 13.2. The van der Waals surface area contributed by atoms with Crippen LogP contribution in [0.2, 0.25) is 0 Å². The van der Waals surface area contributed by atoms with Crippen LogP contribution in [0.25, 0.3) is 11.3 Å². The van der Waals surface area contributed by atoms with Gasteiger partial charge in [0.15, 0.2) is 0 Å². The van der Waals surface area contributed by atoms with Crippen molar-refractivity contribution in [2.75, 3.05) is 32.0 Å². The molecule has 2 heterocycles. The van der Waals surface area contributed by atoms with Crippen LogP contribution in [0.15, 0.2) is 36.5 Å². The summed E-state index contributed by atoms with van der Waals surface area (Å²) in [6.45, 7) is 3.50. The Kier molecular flexibility index (Phi) is 4.02. The molecule has 0 amide bonds. The molecule has 2 N–H and O–H groups in total. The van der Waals surface area contributed by atoms with Crippen LogP contribution in [0.5, 0.6) is 0 Å². The van der Waals surface area contributed by atoms with Gasteiger partial charge in [-0.2, -0.15) is 5.10 Å². The molecule has 0 saturated carbocycles. The maximum atomic E-state index is 4.01. The van der Waals surface area contributed by atoms with E-state index in [9.17, 15) is 0 Å². The highest BCUT2D eigenvalue weighted by molar-refractivity contribution is 5.64. The summed E-state index contributed by atoms with van der Waals surface area (Å²) < 4.78 is 0. The van der Waals surface area contributed by atoms with Gasteiger partial charge >= 0.3 is 0 Å². The van der Waals surface area contributed by atoms with Crippen molar-refractivity contribution in [2.45, 2.75) is 12.8 Å². The lowest BCUT2D eigenvalue weighted by atomic mass is 9.98. The zero-order valence-electron chi connectivity index (χ0n) is 12.0. The number of H-pyrrole nitrogens is 1. The summed E-state index contributed by atoms with van der Waals surface area (Å²) in [7, 11) is 2.21. The first-order valence-electron chi connectivity index (χ1n) is 7.33. The number of piperidine rings is 1. The topological polar surface area (TPSA) is 44.0 Å². The largest absolute Gasteiger partial charge is 0.385 e. The molecular weight excluding hydrogens is 248 g/mol. The molecule has 1 aliphatic rings. The molecule has 0 bridgehead atoms. The van der Waals surface area contributed by atoms with Gasteiger partial charge < -0.3 is 10.2 Å². The second kappa shape index (κ2) is 6.09. The standard InChI is InChI=1S/C16H22N4/c1-20-9-3-4-13(12-20)11-17-15-6-2-5-14(10-15)16-7-8-18-19-16/h2,5-8,10,13,17H,3-4,9,11-12H2,1H3,(H,18,19). The fourth-order valence-electron chi connectivity index (χ4n) is 2.92. The Bertz CT molecular complexity index is 535. The van der Waals surface area contributed by atoms with Crippen molar-refractivity contribution in [1.29, 1.82) is 0 Å². The number of hydrogen-bond acceptors (Lipinski definition) is 3. The van der Waals surface area contributed by atoms with Crippen LogP contribution in [0.1, 0.15) is 12.8 Å². The Balaban J connectivity index is 1.61. The van der Waals surface area contributed by atoms with Gasteiger partial charge in [0.2, 0.25) is 0 Å². The molecule has 20 heavy (non-hydrogen) atoms. The maximum absolute atomic E-state index is 4.01. The first-order chi connectivity index (χ1) is 9.81. The highest BCUT2D eigenvalue weighted by atomic mass is 15.1. The first-order valence-corrected chi connectivity index (χ1v) is 7.33. The van der Waals surface area contributed by atoms with Crippen molar-refractivity contribution in [3.8, 4) is 11.3 Å². The number of benzene rings is 1. The number of nitrogens with zero attached hydrogens (tertiary/aromatic N) is 2. The minimum absolute atomic E-state index is 0.754. The molecular formula is C16H22N4. The summed E-state index contributed by atoms with van der Waals surface area (Å²) in [6, 6.07) is 10.5. The highest BCUT2D eigenvalue weighted by Gasteiger charge is 2.16. The molecule has 1 atom stereocenters. The fraction of sp³-hybridized carbons (Fsp3) is 0.438. The summed E-state index contributed by atoms with van der Waals surface area (Å²) in [4.78, 5) is 2.43. The Hall–Kier alpha value is -1.81. The predicted octanol–water partition coefficient (Wildman–Crippen LogP) is 2.83. The predicted molar refractivity (Wildman–Crippen MR) is 82.7 cm³/mol. The van der Waals surface area contributed by atoms with E-state index >= 15 is 0 Å². The molecule has 106 valence electrons. The van der Waals surface area contributed by atoms with E-state index in [0.717, 1.165) is 18.2 Å². The third-order valence-electron chi connectivity index (χ3n) is 3.99. The van der Waals surface area contributed by atoms with E-state index in [0.29, 0.717) is 0 Å². The zero-order chi connectivity index (χ0) is 13.8. The number of hydrogen-bond donors (Lipinski definition) is 2. The molecule has 0 aliphatic carbocycles. The third kappa shape index (κ3) is 3.20. The van der Waals surface area contributed by atoms with Crippen molar-refractivity contribution < 1.29 is 0 Å². The van der Waals surface area contributed by atoms with Gasteiger partial charge in [0.1, 0.15) is 0 Å². The molecule has 1 aliphatic heterocycles. The van der Waals surface area contributed by atoms with Crippen molar-refractivity contribution >= 4 is 5.69 Å². The fourth-order valence-corrected chi connectivity index (χ4v) is 2.92. The molecule has 1 saturated heterocycles. The summed E-state index contributed by atoms with van der Waals surface area (Å²) >= 11 is 0. The van der Waals surface area contributed by atoms with Crippen LogP contribution >= 0.6 is 0 Å². The van der Waals surface area contributed by atoms with Crippen molar-refractivity contribution in [3.05, 3.63) is 36.5 Å². The Labute approximate surface area is 120 Å². The smallest absolute Gasteiger partial charge is 0.0650 e. The van der Waals surface area contributed by atoms with E-state index in [1.807, 2.05) is 6.07 Å². The number of aromatic nitrogens is 2. The van der Waals surface area contributed by atoms with Gasteiger partial charge in [-0.25, -0.2) is 0 Å². The number of rotatable bonds is 4. The van der Waals surface area contributed by atoms with Crippen LogP contribution < -0.4 is 5.32 Å². The van der Waals surface area contributed by atoms with E-state index in [-0.39, 0.29) is 0 Å². The molecule has 1 aromatic carbocycles. The Morgan fingerprint density at radius 1 is 1.40 bits per heavy atom. The van der Waals surface area contributed by atoms with Gasteiger partial charge in [-0.05, 0) is 50.6 Å². The minimum Gasteiger partial charge on any atom is -0.385 e. The second-order valence-electron chi connectivity index (χ2n) is 5.70. The van der Waals surface area contributed by atoms with Gasteiger partial charge in [0.25, 0.3) is 0 Å². The van der Waals surface area contributed by atoms with Crippen LogP contribution in [0, 0.1) is 5.92 Å².